The highest BCUT2D eigenvalue weighted by Gasteiger charge is 2.37. The first kappa shape index (κ1) is 22.6. The molecule has 1 aromatic carbocycles. The highest BCUT2D eigenvalue weighted by molar-refractivity contribution is 6.30. The molecular formula is C26H34ClN5O. The van der Waals surface area contributed by atoms with Crippen molar-refractivity contribution >= 4 is 11.6 Å². The van der Waals surface area contributed by atoms with Crippen molar-refractivity contribution in [2.24, 2.45) is 7.05 Å². The zero-order valence-electron chi connectivity index (χ0n) is 19.8. The van der Waals surface area contributed by atoms with Crippen LogP contribution in [0.1, 0.15) is 66.0 Å². The number of aromatic nitrogens is 4. The van der Waals surface area contributed by atoms with E-state index in [2.05, 4.69) is 46.3 Å². The van der Waals surface area contributed by atoms with Crippen LogP contribution in [-0.4, -0.2) is 50.1 Å². The minimum atomic E-state index is 0.0209. The molecule has 0 spiro atoms. The van der Waals surface area contributed by atoms with Crippen molar-refractivity contribution in [1.29, 1.82) is 0 Å². The van der Waals surface area contributed by atoms with Gasteiger partial charge in [-0.05, 0) is 75.8 Å². The standard InChI is InChI=1S/C26H34ClN5O/c1-17-12-25(29-28-17)26-15-32(23(16-33-26)14-19-4-8-21(27)9-5-19)22-10-6-20(7-11-22)24-13-18(2)31(3)30-24/h4-5,8-9,12-13,20,22-23,26H,6-7,10-11,14-16H2,1-3H3,(H,28,29)/t20?,22?,23-,26+/m0/s1. The number of benzene rings is 1. The summed E-state index contributed by atoms with van der Waals surface area (Å²) in [6.07, 6.45) is 5.78. The Bertz CT molecular complexity index is 1050. The van der Waals surface area contributed by atoms with Crippen LogP contribution in [0.4, 0.5) is 0 Å². The fourth-order valence-corrected chi connectivity index (χ4v) is 5.63. The molecule has 0 amide bonds. The van der Waals surface area contributed by atoms with E-state index in [1.54, 1.807) is 0 Å². The van der Waals surface area contributed by atoms with E-state index < -0.39 is 0 Å². The Morgan fingerprint density at radius 3 is 2.45 bits per heavy atom. The average molecular weight is 468 g/mol. The van der Waals surface area contributed by atoms with E-state index >= 15 is 0 Å². The molecule has 5 rings (SSSR count). The number of rotatable bonds is 5. The molecule has 33 heavy (non-hydrogen) atoms. The van der Waals surface area contributed by atoms with Gasteiger partial charge < -0.3 is 4.74 Å². The largest absolute Gasteiger partial charge is 0.369 e. The SMILES string of the molecule is Cc1cc([C@H]2CN(C3CCC(c4cc(C)n(C)n4)CC3)[C@@H](Cc3ccc(Cl)cc3)CO2)n[nH]1. The molecule has 1 aliphatic carbocycles. The van der Waals surface area contributed by atoms with Gasteiger partial charge in [-0.15, -0.1) is 0 Å². The molecule has 0 bridgehead atoms. The number of aryl methyl sites for hydroxylation is 3. The second kappa shape index (κ2) is 9.61. The van der Waals surface area contributed by atoms with Gasteiger partial charge in [0.15, 0.2) is 0 Å². The molecule has 1 aliphatic heterocycles. The van der Waals surface area contributed by atoms with Crippen molar-refractivity contribution in [1.82, 2.24) is 24.9 Å². The van der Waals surface area contributed by atoms with Crippen LogP contribution in [0.15, 0.2) is 36.4 Å². The maximum Gasteiger partial charge on any atom is 0.114 e. The van der Waals surface area contributed by atoms with Crippen molar-refractivity contribution in [3.05, 3.63) is 69.8 Å². The first-order valence-corrected chi connectivity index (χ1v) is 12.5. The predicted molar refractivity (Wildman–Crippen MR) is 131 cm³/mol. The number of H-pyrrole nitrogens is 1. The van der Waals surface area contributed by atoms with E-state index in [4.69, 9.17) is 21.4 Å². The molecule has 176 valence electrons. The number of morpholine rings is 1. The number of nitrogens with one attached hydrogen (secondary N) is 1. The van der Waals surface area contributed by atoms with Crippen molar-refractivity contribution in [2.75, 3.05) is 13.2 Å². The summed E-state index contributed by atoms with van der Waals surface area (Å²) in [4.78, 5) is 2.71. The van der Waals surface area contributed by atoms with Gasteiger partial charge in [0.25, 0.3) is 0 Å². The molecule has 3 aromatic rings. The van der Waals surface area contributed by atoms with Crippen LogP contribution in [0.3, 0.4) is 0 Å². The number of halogens is 1. The number of hydrogen-bond acceptors (Lipinski definition) is 4. The van der Waals surface area contributed by atoms with Crippen LogP contribution in [0.25, 0.3) is 0 Å². The van der Waals surface area contributed by atoms with Crippen molar-refractivity contribution in [3.63, 3.8) is 0 Å². The van der Waals surface area contributed by atoms with E-state index in [0.717, 1.165) is 36.0 Å². The minimum absolute atomic E-state index is 0.0209. The van der Waals surface area contributed by atoms with Crippen LogP contribution >= 0.6 is 11.6 Å². The number of aromatic amines is 1. The van der Waals surface area contributed by atoms with Gasteiger partial charge in [0.2, 0.25) is 0 Å². The second-order valence-electron chi connectivity index (χ2n) is 9.82. The van der Waals surface area contributed by atoms with Gasteiger partial charge in [0.05, 0.1) is 18.0 Å². The lowest BCUT2D eigenvalue weighted by Gasteiger charge is -2.46. The second-order valence-corrected chi connectivity index (χ2v) is 10.3. The fraction of sp³-hybridized carbons (Fsp3) is 0.538. The highest BCUT2D eigenvalue weighted by Crippen LogP contribution is 2.37. The number of nitrogens with zero attached hydrogens (tertiary/aromatic N) is 4. The molecule has 2 atom stereocenters. The summed E-state index contributed by atoms with van der Waals surface area (Å²) in [7, 11) is 2.04. The summed E-state index contributed by atoms with van der Waals surface area (Å²) < 4.78 is 8.35. The lowest BCUT2D eigenvalue weighted by molar-refractivity contribution is -0.0877. The third kappa shape index (κ3) is 5.03. The molecule has 0 radical (unpaired) electrons. The van der Waals surface area contributed by atoms with Crippen molar-refractivity contribution < 1.29 is 4.74 Å². The Balaban J connectivity index is 1.31. The normalized spacial score (nSPS) is 26.5. The third-order valence-corrected chi connectivity index (χ3v) is 7.74. The van der Waals surface area contributed by atoms with E-state index in [0.29, 0.717) is 18.0 Å². The zero-order chi connectivity index (χ0) is 22.9. The molecule has 1 N–H and O–H groups in total. The van der Waals surface area contributed by atoms with Crippen LogP contribution in [0.2, 0.25) is 5.02 Å². The molecule has 2 aliphatic rings. The summed E-state index contributed by atoms with van der Waals surface area (Å²) in [6.45, 7) is 5.79. The maximum absolute atomic E-state index is 6.35. The van der Waals surface area contributed by atoms with Crippen LogP contribution in [-0.2, 0) is 18.2 Å². The van der Waals surface area contributed by atoms with E-state index in [1.807, 2.05) is 30.8 Å². The Morgan fingerprint density at radius 2 is 1.82 bits per heavy atom. The van der Waals surface area contributed by atoms with Crippen LogP contribution in [0.5, 0.6) is 0 Å². The van der Waals surface area contributed by atoms with Crippen molar-refractivity contribution in [3.8, 4) is 0 Å². The molecule has 0 unspecified atom stereocenters. The third-order valence-electron chi connectivity index (χ3n) is 7.49. The Hall–Kier alpha value is -2.15. The first-order chi connectivity index (χ1) is 16.0. The van der Waals surface area contributed by atoms with E-state index in [9.17, 15) is 0 Å². The smallest absolute Gasteiger partial charge is 0.114 e. The summed E-state index contributed by atoms with van der Waals surface area (Å²) in [5.41, 5.74) is 5.90. The fourth-order valence-electron chi connectivity index (χ4n) is 5.51. The topological polar surface area (TPSA) is 59.0 Å². The highest BCUT2D eigenvalue weighted by atomic mass is 35.5. The molecule has 7 heteroatoms. The summed E-state index contributed by atoms with van der Waals surface area (Å²) >= 11 is 6.12. The molecule has 6 nitrogen and oxygen atoms in total. The quantitative estimate of drug-likeness (QED) is 0.565. The number of hydrogen-bond donors (Lipinski definition) is 1. The van der Waals surface area contributed by atoms with Gasteiger partial charge in [0.1, 0.15) is 6.10 Å². The Labute approximate surface area is 201 Å². The molecule has 2 fully saturated rings. The minimum Gasteiger partial charge on any atom is -0.369 e. The number of ether oxygens (including phenoxy) is 1. The Morgan fingerprint density at radius 1 is 1.06 bits per heavy atom. The van der Waals surface area contributed by atoms with Gasteiger partial charge in [-0.2, -0.15) is 10.2 Å². The molecule has 3 heterocycles. The lowest BCUT2D eigenvalue weighted by atomic mass is 9.82. The van der Waals surface area contributed by atoms with Gasteiger partial charge >= 0.3 is 0 Å². The molecule has 1 saturated heterocycles. The Kier molecular flexibility index (Phi) is 6.59. The van der Waals surface area contributed by atoms with Gasteiger partial charge in [-0.3, -0.25) is 14.7 Å². The van der Waals surface area contributed by atoms with Gasteiger partial charge in [-0.1, -0.05) is 23.7 Å². The van der Waals surface area contributed by atoms with Gasteiger partial charge in [0, 0.05) is 48.0 Å². The predicted octanol–water partition coefficient (Wildman–Crippen LogP) is 5.12. The van der Waals surface area contributed by atoms with E-state index in [-0.39, 0.29) is 6.10 Å². The lowest BCUT2D eigenvalue weighted by Crippen LogP contribution is -2.53. The molecule has 2 aromatic heterocycles. The molecule has 1 saturated carbocycles. The van der Waals surface area contributed by atoms with Crippen molar-refractivity contribution in [2.45, 2.75) is 70.1 Å². The molecular weight excluding hydrogens is 434 g/mol. The summed E-state index contributed by atoms with van der Waals surface area (Å²) in [6, 6.07) is 13.6. The monoisotopic (exact) mass is 467 g/mol. The first-order valence-electron chi connectivity index (χ1n) is 12.1. The van der Waals surface area contributed by atoms with E-state index in [1.165, 1.54) is 42.6 Å². The zero-order valence-corrected chi connectivity index (χ0v) is 20.6. The average Bonchev–Trinajstić information content (AvgIpc) is 3.41. The maximum atomic E-state index is 6.35. The summed E-state index contributed by atoms with van der Waals surface area (Å²) in [5, 5.41) is 13.1. The van der Waals surface area contributed by atoms with Crippen LogP contribution < -0.4 is 0 Å². The van der Waals surface area contributed by atoms with Gasteiger partial charge in [-0.25, -0.2) is 0 Å². The van der Waals surface area contributed by atoms with Crippen LogP contribution in [0, 0.1) is 13.8 Å². The summed E-state index contributed by atoms with van der Waals surface area (Å²) in [5.74, 6) is 0.571.